The second-order valence-corrected chi connectivity index (χ2v) is 1.31. The molecule has 1 amide bonds. The van der Waals surface area contributed by atoms with Gasteiger partial charge in [-0.25, -0.2) is 0 Å². The summed E-state index contributed by atoms with van der Waals surface area (Å²) in [5.41, 5.74) is 4.85. The monoisotopic (exact) mass is 127 g/mol. The highest BCUT2D eigenvalue weighted by molar-refractivity contribution is 7.83. The fraction of sp³-hybridized carbons (Fsp3) is 0. The molecule has 0 radical (unpaired) electrons. The summed E-state index contributed by atoms with van der Waals surface area (Å²) in [6.45, 7) is 0. The van der Waals surface area contributed by atoms with Crippen molar-refractivity contribution in [1.82, 2.24) is 0 Å². The summed E-state index contributed by atoms with van der Waals surface area (Å²) in [6, 6.07) is 0. The summed E-state index contributed by atoms with van der Waals surface area (Å²) in [5.74, 6) is 1.44. The Morgan fingerprint density at radius 2 is 2.38 bits per heavy atom. The smallest absolute Gasteiger partial charge is 0.257 e. The second kappa shape index (κ2) is 3.16. The Balaban J connectivity index is 4.20. The van der Waals surface area contributed by atoms with E-state index in [0.717, 1.165) is 0 Å². The van der Waals surface area contributed by atoms with Gasteiger partial charge in [-0.2, -0.15) is 0 Å². The second-order valence-electron chi connectivity index (χ2n) is 1.05. The molecule has 8 heavy (non-hydrogen) atoms. The van der Waals surface area contributed by atoms with E-state index < -0.39 is 5.91 Å². The van der Waals surface area contributed by atoms with E-state index >= 15 is 0 Å². The average molecular weight is 127 g/mol. The quantitative estimate of drug-likeness (QED) is 0.289. The maximum absolute atomic E-state index is 10.1. The van der Waals surface area contributed by atoms with Gasteiger partial charge in [0.05, 0.1) is 5.57 Å². The molecule has 0 bridgehead atoms. The van der Waals surface area contributed by atoms with Crippen molar-refractivity contribution >= 4 is 18.5 Å². The minimum absolute atomic E-state index is 0.0910. The fourth-order valence-corrected chi connectivity index (χ4v) is 0.374. The van der Waals surface area contributed by atoms with Crippen LogP contribution < -0.4 is 5.73 Å². The van der Waals surface area contributed by atoms with Gasteiger partial charge in [-0.3, -0.25) is 4.79 Å². The van der Waals surface area contributed by atoms with E-state index in [2.05, 4.69) is 18.5 Å². The van der Waals surface area contributed by atoms with Crippen LogP contribution in [0.15, 0.2) is 11.0 Å². The van der Waals surface area contributed by atoms with E-state index in [-0.39, 0.29) is 5.57 Å². The lowest BCUT2D eigenvalue weighted by Crippen LogP contribution is -2.11. The molecule has 3 heteroatoms. The molecule has 2 nitrogen and oxygen atoms in total. The van der Waals surface area contributed by atoms with Crippen LogP contribution in [0.1, 0.15) is 0 Å². The van der Waals surface area contributed by atoms with Crippen molar-refractivity contribution in [2.75, 3.05) is 0 Å². The van der Waals surface area contributed by atoms with Crippen LogP contribution in [-0.4, -0.2) is 5.91 Å². The first-order valence-electron chi connectivity index (χ1n) is 1.83. The van der Waals surface area contributed by atoms with Crippen molar-refractivity contribution in [2.45, 2.75) is 0 Å². The Morgan fingerprint density at radius 3 is 2.38 bits per heavy atom. The summed E-state index contributed by atoms with van der Waals surface area (Å²) >= 11 is 3.63. The summed E-state index contributed by atoms with van der Waals surface area (Å²) in [4.78, 5) is 10.1. The molecule has 0 saturated heterocycles. The topological polar surface area (TPSA) is 43.1 Å². The first-order chi connectivity index (χ1) is 3.72. The Morgan fingerprint density at radius 1 is 1.88 bits per heavy atom. The molecular weight excluding hydrogens is 122 g/mol. The molecule has 0 fully saturated rings. The van der Waals surface area contributed by atoms with Crippen molar-refractivity contribution in [3.05, 3.63) is 11.0 Å². The molecule has 0 unspecified atom stereocenters. The van der Waals surface area contributed by atoms with E-state index in [9.17, 15) is 4.79 Å². The van der Waals surface area contributed by atoms with E-state index in [1.807, 2.05) is 0 Å². The number of terminal acetylenes is 1. The number of nitrogens with two attached hydrogens (primary N) is 1. The molecule has 2 N–H and O–H groups in total. The number of amides is 1. The van der Waals surface area contributed by atoms with Gasteiger partial charge in [-0.15, -0.1) is 19.1 Å². The normalized spacial score (nSPS) is 10.2. The molecule has 0 saturated carbocycles. The Hall–Kier alpha value is -0.880. The van der Waals surface area contributed by atoms with E-state index in [4.69, 9.17) is 12.2 Å². The Labute approximate surface area is 53.2 Å². The van der Waals surface area contributed by atoms with Crippen LogP contribution in [0.2, 0.25) is 0 Å². The third kappa shape index (κ3) is 1.71. The summed E-state index contributed by atoms with van der Waals surface area (Å²) < 4.78 is 0. The van der Waals surface area contributed by atoms with Crippen LogP contribution in [0.5, 0.6) is 0 Å². The fourth-order valence-electron chi connectivity index (χ4n) is 0.172. The lowest BCUT2D eigenvalue weighted by Gasteiger charge is -1.84. The van der Waals surface area contributed by atoms with Crippen LogP contribution in [0.4, 0.5) is 0 Å². The van der Waals surface area contributed by atoms with Gasteiger partial charge >= 0.3 is 0 Å². The number of rotatable bonds is 1. The molecule has 0 heterocycles. The van der Waals surface area contributed by atoms with Gasteiger partial charge in [0, 0.05) is 0 Å². The maximum atomic E-state index is 10.1. The summed E-state index contributed by atoms with van der Waals surface area (Å²) in [5, 5.41) is 1.20. The molecule has 0 atom stereocenters. The van der Waals surface area contributed by atoms with E-state index in [1.54, 1.807) is 0 Å². The first-order valence-corrected chi connectivity index (χ1v) is 2.34. The molecule has 0 spiro atoms. The highest BCUT2D eigenvalue weighted by Crippen LogP contribution is 1.90. The van der Waals surface area contributed by atoms with Gasteiger partial charge in [-0.1, -0.05) is 5.92 Å². The highest BCUT2D eigenvalue weighted by Gasteiger charge is 1.95. The third-order valence-corrected chi connectivity index (χ3v) is 0.808. The van der Waals surface area contributed by atoms with Crippen molar-refractivity contribution in [3.63, 3.8) is 0 Å². The maximum Gasteiger partial charge on any atom is 0.257 e. The lowest BCUT2D eigenvalue weighted by atomic mass is 10.3. The van der Waals surface area contributed by atoms with Crippen molar-refractivity contribution < 1.29 is 4.79 Å². The van der Waals surface area contributed by atoms with E-state index in [0.29, 0.717) is 0 Å². The number of hydrogen-bond acceptors (Lipinski definition) is 2. The van der Waals surface area contributed by atoms with Gasteiger partial charge in [0.2, 0.25) is 0 Å². The number of thiol groups is 1. The van der Waals surface area contributed by atoms with Crippen LogP contribution in [0.3, 0.4) is 0 Å². The molecule has 0 aromatic rings. The molecular formula is C5H5NOS. The Kier molecular flexibility index (Phi) is 2.82. The number of carbonyl (C=O) groups is 1. The molecule has 0 aromatic carbocycles. The first kappa shape index (κ1) is 7.12. The van der Waals surface area contributed by atoms with Crippen LogP contribution >= 0.6 is 12.6 Å². The number of carbonyl (C=O) groups excluding carboxylic acids is 1. The molecule has 0 aliphatic rings. The van der Waals surface area contributed by atoms with Gasteiger partial charge in [-0.05, 0) is 5.41 Å². The summed E-state index contributed by atoms with van der Waals surface area (Å²) in [7, 11) is 0. The molecule has 0 aromatic heterocycles. The van der Waals surface area contributed by atoms with Gasteiger partial charge < -0.3 is 5.73 Å². The standard InChI is InChI=1S/C5H5NOS/c1-2-4(3-8)5(6)7/h1,3,8H,(H2,6,7)/b4-3+. The molecule has 0 aliphatic heterocycles. The average Bonchev–Trinajstić information content (AvgIpc) is 1.69. The molecule has 42 valence electrons. The predicted octanol–water partition coefficient (Wildman–Crippen LogP) is -0.0814. The number of hydrogen-bond donors (Lipinski definition) is 2. The zero-order valence-electron chi connectivity index (χ0n) is 4.09. The van der Waals surface area contributed by atoms with Crippen LogP contribution in [-0.2, 0) is 4.79 Å². The molecule has 0 aliphatic carbocycles. The van der Waals surface area contributed by atoms with Crippen LogP contribution in [0, 0.1) is 12.3 Å². The lowest BCUT2D eigenvalue weighted by molar-refractivity contribution is -0.114. The van der Waals surface area contributed by atoms with Gasteiger partial charge in [0.15, 0.2) is 0 Å². The van der Waals surface area contributed by atoms with Crippen molar-refractivity contribution in [3.8, 4) is 12.3 Å². The zero-order chi connectivity index (χ0) is 6.57. The van der Waals surface area contributed by atoms with Gasteiger partial charge in [0.1, 0.15) is 0 Å². The highest BCUT2D eigenvalue weighted by atomic mass is 32.1. The molecule has 0 rings (SSSR count). The minimum Gasteiger partial charge on any atom is -0.365 e. The van der Waals surface area contributed by atoms with Crippen LogP contribution in [0.25, 0.3) is 0 Å². The largest absolute Gasteiger partial charge is 0.365 e. The zero-order valence-corrected chi connectivity index (χ0v) is 4.98. The third-order valence-electron chi connectivity index (χ3n) is 0.550. The Bertz CT molecular complexity index is 166. The SMILES string of the molecule is C#C/C(=C\S)C(N)=O. The van der Waals surface area contributed by atoms with Crippen molar-refractivity contribution in [2.24, 2.45) is 5.73 Å². The summed E-state index contributed by atoms with van der Waals surface area (Å²) in [6.07, 6.45) is 4.82. The van der Waals surface area contributed by atoms with E-state index in [1.165, 1.54) is 5.41 Å². The van der Waals surface area contributed by atoms with Crippen molar-refractivity contribution in [1.29, 1.82) is 0 Å². The minimum atomic E-state index is -0.623. The van der Waals surface area contributed by atoms with Gasteiger partial charge in [0.25, 0.3) is 5.91 Å². The predicted molar refractivity (Wildman–Crippen MR) is 35.1 cm³/mol. The number of primary amides is 1.